The molecule has 0 saturated carbocycles. The lowest BCUT2D eigenvalue weighted by atomic mass is 10.5. The highest BCUT2D eigenvalue weighted by Crippen LogP contribution is 1.77. The Kier molecular flexibility index (Phi) is 5.74. The van der Waals surface area contributed by atoms with Crippen molar-refractivity contribution in [3.8, 4) is 0 Å². The maximum atomic E-state index is 4.87. The van der Waals surface area contributed by atoms with Crippen LogP contribution in [0.25, 0.3) is 0 Å². The van der Waals surface area contributed by atoms with Crippen LogP contribution in [0.1, 0.15) is 6.42 Å². The van der Waals surface area contributed by atoms with E-state index in [1.165, 1.54) is 0 Å². The SMILES string of the molecule is [CH2]CCNC(=S)N=CN(C)C. The van der Waals surface area contributed by atoms with Crippen LogP contribution >= 0.6 is 12.2 Å². The van der Waals surface area contributed by atoms with E-state index < -0.39 is 0 Å². The van der Waals surface area contributed by atoms with Crippen LogP contribution in [-0.2, 0) is 0 Å². The summed E-state index contributed by atoms with van der Waals surface area (Å²) in [5.41, 5.74) is 0. The van der Waals surface area contributed by atoms with E-state index in [1.54, 1.807) is 6.34 Å². The molecule has 0 aromatic heterocycles. The Balaban J connectivity index is 3.51. The van der Waals surface area contributed by atoms with Crippen molar-refractivity contribution < 1.29 is 0 Å². The first-order chi connectivity index (χ1) is 5.16. The van der Waals surface area contributed by atoms with Gasteiger partial charge in [0.1, 0.15) is 0 Å². The van der Waals surface area contributed by atoms with Gasteiger partial charge in [-0.1, -0.05) is 6.92 Å². The molecule has 0 unspecified atom stereocenters. The molecule has 0 heterocycles. The molecule has 0 bridgehead atoms. The molecule has 11 heavy (non-hydrogen) atoms. The number of hydrogen-bond acceptors (Lipinski definition) is 1. The molecule has 0 aliphatic rings. The van der Waals surface area contributed by atoms with Gasteiger partial charge in [0.2, 0.25) is 0 Å². The van der Waals surface area contributed by atoms with Crippen LogP contribution in [0.5, 0.6) is 0 Å². The van der Waals surface area contributed by atoms with E-state index in [9.17, 15) is 0 Å². The van der Waals surface area contributed by atoms with Crippen LogP contribution in [0.4, 0.5) is 0 Å². The van der Waals surface area contributed by atoms with Crippen molar-refractivity contribution in [3.05, 3.63) is 6.92 Å². The first-order valence-electron chi connectivity index (χ1n) is 3.44. The second-order valence-corrected chi connectivity index (χ2v) is 2.68. The molecular weight excluding hydrogens is 158 g/mol. The smallest absolute Gasteiger partial charge is 0.194 e. The fraction of sp³-hybridized carbons (Fsp3) is 0.571. The summed E-state index contributed by atoms with van der Waals surface area (Å²) in [6.07, 6.45) is 2.48. The molecule has 0 saturated heterocycles. The molecule has 0 aliphatic carbocycles. The van der Waals surface area contributed by atoms with E-state index in [1.807, 2.05) is 19.0 Å². The summed E-state index contributed by atoms with van der Waals surface area (Å²) in [6, 6.07) is 0. The summed E-state index contributed by atoms with van der Waals surface area (Å²) >= 11 is 4.87. The van der Waals surface area contributed by atoms with Gasteiger partial charge in [-0.05, 0) is 18.6 Å². The van der Waals surface area contributed by atoms with Crippen LogP contribution in [-0.4, -0.2) is 37.0 Å². The minimum Gasteiger partial charge on any atom is -0.369 e. The molecule has 63 valence electrons. The van der Waals surface area contributed by atoms with Gasteiger partial charge in [0.05, 0.1) is 6.34 Å². The maximum absolute atomic E-state index is 4.87. The average Bonchev–Trinajstić information content (AvgIpc) is 1.97. The Hall–Kier alpha value is -0.640. The molecule has 0 aliphatic heterocycles. The summed E-state index contributed by atoms with van der Waals surface area (Å²) in [4.78, 5) is 5.79. The molecule has 0 rings (SSSR count). The van der Waals surface area contributed by atoms with Gasteiger partial charge >= 0.3 is 0 Å². The van der Waals surface area contributed by atoms with Crippen molar-refractivity contribution in [3.63, 3.8) is 0 Å². The van der Waals surface area contributed by atoms with Crippen molar-refractivity contribution in [1.82, 2.24) is 10.2 Å². The monoisotopic (exact) mass is 172 g/mol. The third-order valence-corrected chi connectivity index (χ3v) is 1.11. The third-order valence-electron chi connectivity index (χ3n) is 0.859. The topological polar surface area (TPSA) is 27.6 Å². The summed E-state index contributed by atoms with van der Waals surface area (Å²) in [5.74, 6) is 0. The van der Waals surface area contributed by atoms with Gasteiger partial charge in [0.15, 0.2) is 5.11 Å². The zero-order valence-corrected chi connectivity index (χ0v) is 7.82. The van der Waals surface area contributed by atoms with Crippen molar-refractivity contribution in [2.75, 3.05) is 20.6 Å². The third kappa shape index (κ3) is 7.25. The largest absolute Gasteiger partial charge is 0.369 e. The summed E-state index contributed by atoms with van der Waals surface area (Å²) in [7, 11) is 3.79. The van der Waals surface area contributed by atoms with Gasteiger partial charge in [-0.15, -0.1) is 0 Å². The summed E-state index contributed by atoms with van der Waals surface area (Å²) in [5, 5.41) is 3.45. The highest BCUT2D eigenvalue weighted by atomic mass is 32.1. The molecule has 0 spiro atoms. The zero-order valence-electron chi connectivity index (χ0n) is 7.00. The molecule has 0 aromatic carbocycles. The normalized spacial score (nSPS) is 10.1. The lowest BCUT2D eigenvalue weighted by Crippen LogP contribution is -2.21. The van der Waals surface area contributed by atoms with Crippen molar-refractivity contribution >= 4 is 23.7 Å². The molecule has 3 nitrogen and oxygen atoms in total. The number of hydrogen-bond donors (Lipinski definition) is 1. The Morgan fingerprint density at radius 3 is 2.82 bits per heavy atom. The first kappa shape index (κ1) is 10.4. The highest BCUT2D eigenvalue weighted by molar-refractivity contribution is 7.80. The van der Waals surface area contributed by atoms with E-state index in [0.717, 1.165) is 13.0 Å². The Bertz CT molecular complexity index is 143. The van der Waals surface area contributed by atoms with Crippen LogP contribution in [0.3, 0.4) is 0 Å². The van der Waals surface area contributed by atoms with E-state index in [0.29, 0.717) is 5.11 Å². The first-order valence-corrected chi connectivity index (χ1v) is 3.85. The van der Waals surface area contributed by atoms with Gasteiger partial charge in [-0.25, -0.2) is 4.99 Å². The highest BCUT2D eigenvalue weighted by Gasteiger charge is 1.87. The number of nitrogens with one attached hydrogen (secondary N) is 1. The van der Waals surface area contributed by atoms with Crippen molar-refractivity contribution in [1.29, 1.82) is 0 Å². The minimum absolute atomic E-state index is 0.516. The predicted molar refractivity (Wildman–Crippen MR) is 52.8 cm³/mol. The Morgan fingerprint density at radius 1 is 1.73 bits per heavy atom. The summed E-state index contributed by atoms with van der Waals surface area (Å²) < 4.78 is 0. The fourth-order valence-electron chi connectivity index (χ4n) is 0.409. The molecule has 0 aromatic rings. The number of aliphatic imine (C=N–C) groups is 1. The summed E-state index contributed by atoms with van der Waals surface area (Å²) in [6.45, 7) is 4.45. The Morgan fingerprint density at radius 2 is 2.36 bits per heavy atom. The van der Waals surface area contributed by atoms with Crippen LogP contribution in [0, 0.1) is 6.92 Å². The molecule has 0 fully saturated rings. The molecule has 0 atom stereocenters. The minimum atomic E-state index is 0.516. The van der Waals surface area contributed by atoms with Gasteiger partial charge in [0, 0.05) is 20.6 Å². The van der Waals surface area contributed by atoms with Crippen LogP contribution in [0.15, 0.2) is 4.99 Å². The molecule has 0 amide bonds. The van der Waals surface area contributed by atoms with E-state index in [-0.39, 0.29) is 0 Å². The molecular formula is C7H14N3S. The molecule has 1 radical (unpaired) electrons. The van der Waals surface area contributed by atoms with Gasteiger partial charge in [-0.2, -0.15) is 0 Å². The Labute approximate surface area is 73.5 Å². The molecule has 4 heteroatoms. The zero-order chi connectivity index (χ0) is 8.69. The van der Waals surface area contributed by atoms with Crippen molar-refractivity contribution in [2.45, 2.75) is 6.42 Å². The number of nitrogens with zero attached hydrogens (tertiary/aromatic N) is 2. The van der Waals surface area contributed by atoms with Crippen molar-refractivity contribution in [2.24, 2.45) is 4.99 Å². The predicted octanol–water partition coefficient (Wildman–Crippen LogP) is 0.675. The standard InChI is InChI=1S/C7H14N3S/c1-4-5-8-7(11)9-6-10(2)3/h6H,1,4-5H2,2-3H3,(H,8,11). The van der Waals surface area contributed by atoms with E-state index in [2.05, 4.69) is 17.2 Å². The van der Waals surface area contributed by atoms with Gasteiger partial charge < -0.3 is 10.2 Å². The van der Waals surface area contributed by atoms with Crippen LogP contribution < -0.4 is 5.32 Å². The quantitative estimate of drug-likeness (QED) is 0.385. The van der Waals surface area contributed by atoms with E-state index >= 15 is 0 Å². The molecule has 1 N–H and O–H groups in total. The average molecular weight is 172 g/mol. The lowest BCUT2D eigenvalue weighted by molar-refractivity contribution is 0.643. The van der Waals surface area contributed by atoms with E-state index in [4.69, 9.17) is 12.2 Å². The van der Waals surface area contributed by atoms with Gasteiger partial charge in [0.25, 0.3) is 0 Å². The lowest BCUT2D eigenvalue weighted by Gasteiger charge is -2.03. The second-order valence-electron chi connectivity index (χ2n) is 2.29. The number of rotatable bonds is 3. The second kappa shape index (κ2) is 6.09. The number of thiocarbonyl (C=S) groups is 1. The van der Waals surface area contributed by atoms with Gasteiger partial charge in [-0.3, -0.25) is 0 Å². The fourth-order valence-corrected chi connectivity index (χ4v) is 0.558. The maximum Gasteiger partial charge on any atom is 0.194 e. The van der Waals surface area contributed by atoms with Crippen LogP contribution in [0.2, 0.25) is 0 Å².